The molecule has 112 valence electrons. The molecule has 1 saturated heterocycles. The molecule has 2 aromatic heterocycles. The normalized spacial score (nSPS) is 16.2. The number of fused-ring (bicyclic) bond motifs is 1. The summed E-state index contributed by atoms with van der Waals surface area (Å²) in [5, 5.41) is 1.04. The SMILES string of the molecule is c1ncc2cc(-c3ccc(CN4CCOCC4)cc3)[nH]c2n1. The van der Waals surface area contributed by atoms with E-state index in [0.29, 0.717) is 0 Å². The van der Waals surface area contributed by atoms with Crippen molar-refractivity contribution in [3.63, 3.8) is 0 Å². The molecule has 0 spiro atoms. The van der Waals surface area contributed by atoms with Crippen molar-refractivity contribution in [3.05, 3.63) is 48.4 Å². The Morgan fingerprint density at radius 1 is 1.14 bits per heavy atom. The maximum atomic E-state index is 5.39. The molecular formula is C17H18N4O. The third-order valence-corrected chi connectivity index (χ3v) is 4.07. The van der Waals surface area contributed by atoms with Gasteiger partial charge in [-0.1, -0.05) is 24.3 Å². The number of rotatable bonds is 3. The molecule has 1 aliphatic heterocycles. The second kappa shape index (κ2) is 5.87. The van der Waals surface area contributed by atoms with Crippen molar-refractivity contribution >= 4 is 11.0 Å². The molecule has 0 aliphatic carbocycles. The molecule has 22 heavy (non-hydrogen) atoms. The van der Waals surface area contributed by atoms with Gasteiger partial charge in [0.15, 0.2) is 0 Å². The summed E-state index contributed by atoms with van der Waals surface area (Å²) < 4.78 is 5.39. The maximum Gasteiger partial charge on any atom is 0.141 e. The van der Waals surface area contributed by atoms with Crippen LogP contribution in [0.5, 0.6) is 0 Å². The Hall–Kier alpha value is -2.24. The second-order valence-electron chi connectivity index (χ2n) is 5.60. The van der Waals surface area contributed by atoms with E-state index in [-0.39, 0.29) is 0 Å². The molecular weight excluding hydrogens is 276 g/mol. The molecule has 5 heteroatoms. The number of ether oxygens (including phenoxy) is 1. The van der Waals surface area contributed by atoms with Crippen LogP contribution in [0.15, 0.2) is 42.9 Å². The number of hydrogen-bond acceptors (Lipinski definition) is 4. The zero-order valence-electron chi connectivity index (χ0n) is 12.3. The van der Waals surface area contributed by atoms with Crippen LogP contribution >= 0.6 is 0 Å². The van der Waals surface area contributed by atoms with Gasteiger partial charge in [-0.3, -0.25) is 4.90 Å². The van der Waals surface area contributed by atoms with Crippen LogP contribution in [0.1, 0.15) is 5.56 Å². The van der Waals surface area contributed by atoms with Crippen LogP contribution in [0, 0.1) is 0 Å². The fraction of sp³-hybridized carbons (Fsp3) is 0.294. The topological polar surface area (TPSA) is 54.0 Å². The van der Waals surface area contributed by atoms with Crippen molar-refractivity contribution in [2.24, 2.45) is 0 Å². The van der Waals surface area contributed by atoms with Crippen molar-refractivity contribution in [2.45, 2.75) is 6.54 Å². The van der Waals surface area contributed by atoms with Crippen molar-refractivity contribution in [1.82, 2.24) is 19.9 Å². The molecule has 3 heterocycles. The monoisotopic (exact) mass is 294 g/mol. The van der Waals surface area contributed by atoms with E-state index >= 15 is 0 Å². The van der Waals surface area contributed by atoms with Gasteiger partial charge in [0.2, 0.25) is 0 Å². The summed E-state index contributed by atoms with van der Waals surface area (Å²) in [5.41, 5.74) is 4.46. The highest BCUT2D eigenvalue weighted by Gasteiger charge is 2.11. The standard InChI is InChI=1S/C17H18N4O/c1-3-14(16-9-15-10-18-12-19-17(15)20-16)4-2-13(1)11-21-5-7-22-8-6-21/h1-4,9-10,12H,5-8,11H2,(H,18,19,20). The molecule has 0 bridgehead atoms. The molecule has 0 amide bonds. The van der Waals surface area contributed by atoms with E-state index < -0.39 is 0 Å². The first-order valence-electron chi connectivity index (χ1n) is 7.57. The van der Waals surface area contributed by atoms with Gasteiger partial charge in [-0.25, -0.2) is 9.97 Å². The lowest BCUT2D eigenvalue weighted by Crippen LogP contribution is -2.35. The molecule has 5 nitrogen and oxygen atoms in total. The molecule has 1 fully saturated rings. The summed E-state index contributed by atoms with van der Waals surface area (Å²) in [5.74, 6) is 0. The smallest absolute Gasteiger partial charge is 0.141 e. The maximum absolute atomic E-state index is 5.39. The van der Waals surface area contributed by atoms with E-state index in [1.807, 2.05) is 6.20 Å². The van der Waals surface area contributed by atoms with Gasteiger partial charge in [-0.15, -0.1) is 0 Å². The lowest BCUT2D eigenvalue weighted by Gasteiger charge is -2.26. The van der Waals surface area contributed by atoms with E-state index in [9.17, 15) is 0 Å². The van der Waals surface area contributed by atoms with E-state index in [1.165, 1.54) is 11.1 Å². The fourth-order valence-corrected chi connectivity index (χ4v) is 2.83. The Morgan fingerprint density at radius 3 is 2.73 bits per heavy atom. The summed E-state index contributed by atoms with van der Waals surface area (Å²) in [6.07, 6.45) is 3.39. The number of aromatic nitrogens is 3. The Kier molecular flexibility index (Phi) is 3.58. The largest absolute Gasteiger partial charge is 0.379 e. The Labute approximate surface area is 129 Å². The molecule has 3 aromatic rings. The summed E-state index contributed by atoms with van der Waals surface area (Å²) in [4.78, 5) is 14.1. The Bertz CT molecular complexity index is 727. The molecule has 1 aliphatic rings. The lowest BCUT2D eigenvalue weighted by molar-refractivity contribution is 0.0342. The highest BCUT2D eigenvalue weighted by Crippen LogP contribution is 2.23. The third-order valence-electron chi connectivity index (χ3n) is 4.07. The highest BCUT2D eigenvalue weighted by atomic mass is 16.5. The fourth-order valence-electron chi connectivity index (χ4n) is 2.83. The number of hydrogen-bond donors (Lipinski definition) is 1. The number of benzene rings is 1. The summed E-state index contributed by atoms with van der Waals surface area (Å²) in [6, 6.07) is 10.8. The predicted molar refractivity (Wildman–Crippen MR) is 85.4 cm³/mol. The first kappa shape index (κ1) is 13.4. The van der Waals surface area contributed by atoms with Crippen LogP contribution in [-0.2, 0) is 11.3 Å². The number of H-pyrrole nitrogens is 1. The summed E-state index contributed by atoms with van der Waals surface area (Å²) >= 11 is 0. The number of morpholine rings is 1. The number of nitrogens with zero attached hydrogens (tertiary/aromatic N) is 3. The zero-order chi connectivity index (χ0) is 14.8. The second-order valence-corrected chi connectivity index (χ2v) is 5.60. The molecule has 4 rings (SSSR count). The molecule has 1 N–H and O–H groups in total. The minimum Gasteiger partial charge on any atom is -0.379 e. The van der Waals surface area contributed by atoms with Crippen molar-refractivity contribution in [2.75, 3.05) is 26.3 Å². The molecule has 1 aromatic carbocycles. The van der Waals surface area contributed by atoms with Crippen LogP contribution in [0.2, 0.25) is 0 Å². The zero-order valence-corrected chi connectivity index (χ0v) is 12.3. The minimum atomic E-state index is 0.841. The van der Waals surface area contributed by atoms with Gasteiger partial charge in [0.25, 0.3) is 0 Å². The lowest BCUT2D eigenvalue weighted by atomic mass is 10.1. The minimum absolute atomic E-state index is 0.841. The summed E-state index contributed by atoms with van der Waals surface area (Å²) in [6.45, 7) is 4.70. The van der Waals surface area contributed by atoms with Crippen molar-refractivity contribution in [3.8, 4) is 11.3 Å². The van der Waals surface area contributed by atoms with E-state index in [4.69, 9.17) is 4.74 Å². The van der Waals surface area contributed by atoms with Crippen molar-refractivity contribution < 1.29 is 4.74 Å². The van der Waals surface area contributed by atoms with Gasteiger partial charge >= 0.3 is 0 Å². The number of nitrogens with one attached hydrogen (secondary N) is 1. The van der Waals surface area contributed by atoms with Gasteiger partial charge < -0.3 is 9.72 Å². The van der Waals surface area contributed by atoms with Gasteiger partial charge in [0.1, 0.15) is 12.0 Å². The average Bonchev–Trinajstić information content (AvgIpc) is 3.00. The molecule has 0 atom stereocenters. The van der Waals surface area contributed by atoms with E-state index in [0.717, 1.165) is 49.6 Å². The van der Waals surface area contributed by atoms with Crippen LogP contribution in [-0.4, -0.2) is 46.2 Å². The first-order chi connectivity index (χ1) is 10.9. The molecule has 0 saturated carbocycles. The molecule has 0 unspecified atom stereocenters. The van der Waals surface area contributed by atoms with Crippen LogP contribution < -0.4 is 0 Å². The summed E-state index contributed by atoms with van der Waals surface area (Å²) in [7, 11) is 0. The highest BCUT2D eigenvalue weighted by molar-refractivity contribution is 5.82. The van der Waals surface area contributed by atoms with E-state index in [2.05, 4.69) is 50.2 Å². The van der Waals surface area contributed by atoms with Crippen LogP contribution in [0.3, 0.4) is 0 Å². The van der Waals surface area contributed by atoms with Gasteiger partial charge in [0.05, 0.1) is 13.2 Å². The van der Waals surface area contributed by atoms with Crippen LogP contribution in [0.25, 0.3) is 22.3 Å². The first-order valence-corrected chi connectivity index (χ1v) is 7.57. The van der Waals surface area contributed by atoms with E-state index in [1.54, 1.807) is 6.33 Å². The van der Waals surface area contributed by atoms with Gasteiger partial charge in [-0.2, -0.15) is 0 Å². The molecule has 0 radical (unpaired) electrons. The third kappa shape index (κ3) is 2.73. The Morgan fingerprint density at radius 2 is 1.95 bits per heavy atom. The van der Waals surface area contributed by atoms with Gasteiger partial charge in [0, 0.05) is 36.9 Å². The van der Waals surface area contributed by atoms with Crippen LogP contribution in [0.4, 0.5) is 0 Å². The number of aromatic amines is 1. The predicted octanol–water partition coefficient (Wildman–Crippen LogP) is 2.46. The average molecular weight is 294 g/mol. The Balaban J connectivity index is 1.53. The quantitative estimate of drug-likeness (QED) is 0.806. The van der Waals surface area contributed by atoms with Crippen molar-refractivity contribution in [1.29, 1.82) is 0 Å². The van der Waals surface area contributed by atoms with Gasteiger partial charge in [-0.05, 0) is 17.2 Å².